The largest absolute Gasteiger partial charge is 0.421 e. The number of aromatic nitrogens is 2. The SMILES string of the molecule is Cc1nnc(-c2cccc(S(C)(=O)=O)c2)o1. The van der Waals surface area contributed by atoms with Crippen LogP contribution in [0.25, 0.3) is 11.5 Å². The summed E-state index contributed by atoms with van der Waals surface area (Å²) in [6.45, 7) is 1.68. The molecule has 84 valence electrons. The molecule has 0 saturated heterocycles. The van der Waals surface area contributed by atoms with Crippen molar-refractivity contribution in [2.75, 3.05) is 6.26 Å². The normalized spacial score (nSPS) is 11.6. The number of benzene rings is 1. The number of sulfone groups is 1. The quantitative estimate of drug-likeness (QED) is 0.791. The molecule has 0 aliphatic carbocycles. The summed E-state index contributed by atoms with van der Waals surface area (Å²) in [7, 11) is -3.22. The minimum absolute atomic E-state index is 0.237. The van der Waals surface area contributed by atoms with Gasteiger partial charge in [-0.15, -0.1) is 10.2 Å². The number of hydrogen-bond acceptors (Lipinski definition) is 5. The molecule has 0 aliphatic heterocycles. The molecule has 0 radical (unpaired) electrons. The summed E-state index contributed by atoms with van der Waals surface area (Å²) < 4.78 is 27.9. The third kappa shape index (κ3) is 2.11. The van der Waals surface area contributed by atoms with Crippen LogP contribution in [0.3, 0.4) is 0 Å². The first-order valence-electron chi connectivity index (χ1n) is 4.57. The summed E-state index contributed by atoms with van der Waals surface area (Å²) >= 11 is 0. The van der Waals surface area contributed by atoms with Crippen molar-refractivity contribution in [2.24, 2.45) is 0 Å². The average molecular weight is 238 g/mol. The van der Waals surface area contributed by atoms with Gasteiger partial charge in [0.2, 0.25) is 11.8 Å². The molecule has 0 unspecified atom stereocenters. The zero-order chi connectivity index (χ0) is 11.8. The van der Waals surface area contributed by atoms with Crippen molar-refractivity contribution in [1.82, 2.24) is 10.2 Å². The van der Waals surface area contributed by atoms with Gasteiger partial charge in [-0.05, 0) is 18.2 Å². The number of aryl methyl sites for hydroxylation is 1. The maximum atomic E-state index is 11.4. The summed E-state index contributed by atoms with van der Waals surface area (Å²) in [6.07, 6.45) is 1.16. The van der Waals surface area contributed by atoms with Gasteiger partial charge in [-0.1, -0.05) is 6.07 Å². The van der Waals surface area contributed by atoms with Gasteiger partial charge < -0.3 is 4.42 Å². The van der Waals surface area contributed by atoms with Crippen LogP contribution in [-0.2, 0) is 9.84 Å². The Balaban J connectivity index is 2.52. The van der Waals surface area contributed by atoms with Gasteiger partial charge in [-0.2, -0.15) is 0 Å². The molecular formula is C10H10N2O3S. The molecule has 0 spiro atoms. The molecule has 0 amide bonds. The van der Waals surface area contributed by atoms with Crippen LogP contribution in [0.15, 0.2) is 33.6 Å². The lowest BCUT2D eigenvalue weighted by molar-refractivity contribution is 0.532. The minimum atomic E-state index is -3.22. The molecule has 0 bridgehead atoms. The van der Waals surface area contributed by atoms with Crippen molar-refractivity contribution in [3.05, 3.63) is 30.2 Å². The summed E-state index contributed by atoms with van der Waals surface area (Å²) in [6, 6.07) is 6.41. The Labute approximate surface area is 93.0 Å². The highest BCUT2D eigenvalue weighted by Crippen LogP contribution is 2.20. The summed E-state index contributed by atoms with van der Waals surface area (Å²) in [5, 5.41) is 7.52. The molecule has 0 N–H and O–H groups in total. The van der Waals surface area contributed by atoms with E-state index < -0.39 is 9.84 Å². The molecule has 1 aromatic carbocycles. The molecule has 0 aliphatic rings. The van der Waals surface area contributed by atoms with Crippen LogP contribution in [0.5, 0.6) is 0 Å². The monoisotopic (exact) mass is 238 g/mol. The second-order valence-electron chi connectivity index (χ2n) is 3.43. The van der Waals surface area contributed by atoms with E-state index in [1.165, 1.54) is 12.1 Å². The van der Waals surface area contributed by atoms with Crippen molar-refractivity contribution < 1.29 is 12.8 Å². The van der Waals surface area contributed by atoms with Gasteiger partial charge in [-0.3, -0.25) is 0 Å². The first kappa shape index (κ1) is 10.8. The lowest BCUT2D eigenvalue weighted by Crippen LogP contribution is -1.96. The van der Waals surface area contributed by atoms with Gasteiger partial charge in [0.1, 0.15) is 0 Å². The molecule has 2 aromatic rings. The highest BCUT2D eigenvalue weighted by Gasteiger charge is 2.11. The van der Waals surface area contributed by atoms with Crippen molar-refractivity contribution >= 4 is 9.84 Å². The predicted molar refractivity (Wildman–Crippen MR) is 57.6 cm³/mol. The van der Waals surface area contributed by atoms with Crippen LogP contribution < -0.4 is 0 Å². The van der Waals surface area contributed by atoms with E-state index in [2.05, 4.69) is 10.2 Å². The van der Waals surface area contributed by atoms with Crippen LogP contribution >= 0.6 is 0 Å². The van der Waals surface area contributed by atoms with Crippen LogP contribution in [0.1, 0.15) is 5.89 Å². The number of hydrogen-bond donors (Lipinski definition) is 0. The zero-order valence-corrected chi connectivity index (χ0v) is 9.65. The van der Waals surface area contributed by atoms with Gasteiger partial charge in [0.05, 0.1) is 4.90 Å². The number of nitrogens with zero attached hydrogens (tertiary/aromatic N) is 2. The summed E-state index contributed by atoms with van der Waals surface area (Å²) in [4.78, 5) is 0.237. The Kier molecular flexibility index (Phi) is 2.51. The van der Waals surface area contributed by atoms with Gasteiger partial charge in [0.25, 0.3) is 0 Å². The van der Waals surface area contributed by atoms with E-state index in [4.69, 9.17) is 4.42 Å². The smallest absolute Gasteiger partial charge is 0.247 e. The van der Waals surface area contributed by atoms with Crippen LogP contribution in [-0.4, -0.2) is 24.9 Å². The van der Waals surface area contributed by atoms with Crippen molar-refractivity contribution in [2.45, 2.75) is 11.8 Å². The first-order chi connectivity index (χ1) is 7.47. The van der Waals surface area contributed by atoms with E-state index in [1.807, 2.05) is 0 Å². The van der Waals surface area contributed by atoms with Crippen molar-refractivity contribution in [3.8, 4) is 11.5 Å². The molecule has 1 heterocycles. The second-order valence-corrected chi connectivity index (χ2v) is 5.44. The molecular weight excluding hydrogens is 228 g/mol. The van der Waals surface area contributed by atoms with Crippen LogP contribution in [0, 0.1) is 6.92 Å². The van der Waals surface area contributed by atoms with Gasteiger partial charge in [0, 0.05) is 18.7 Å². The van der Waals surface area contributed by atoms with Crippen LogP contribution in [0.4, 0.5) is 0 Å². The third-order valence-corrected chi connectivity index (χ3v) is 3.15. The zero-order valence-electron chi connectivity index (χ0n) is 8.84. The Morgan fingerprint density at radius 3 is 2.56 bits per heavy atom. The van der Waals surface area contributed by atoms with E-state index in [0.717, 1.165) is 6.26 Å². The maximum Gasteiger partial charge on any atom is 0.247 e. The molecule has 1 aromatic heterocycles. The molecule has 2 rings (SSSR count). The van der Waals surface area contributed by atoms with Gasteiger partial charge in [-0.25, -0.2) is 8.42 Å². The fourth-order valence-corrected chi connectivity index (χ4v) is 1.94. The lowest BCUT2D eigenvalue weighted by atomic mass is 10.2. The molecule has 0 saturated carbocycles. The Hall–Kier alpha value is -1.69. The molecule has 0 fully saturated rings. The minimum Gasteiger partial charge on any atom is -0.421 e. The van der Waals surface area contributed by atoms with Crippen molar-refractivity contribution in [1.29, 1.82) is 0 Å². The molecule has 6 heteroatoms. The van der Waals surface area contributed by atoms with E-state index in [1.54, 1.807) is 19.1 Å². The van der Waals surface area contributed by atoms with Crippen LogP contribution in [0.2, 0.25) is 0 Å². The molecule has 0 atom stereocenters. The third-order valence-electron chi connectivity index (χ3n) is 2.04. The maximum absolute atomic E-state index is 11.4. The first-order valence-corrected chi connectivity index (χ1v) is 6.46. The molecule has 16 heavy (non-hydrogen) atoms. The number of rotatable bonds is 2. The van der Waals surface area contributed by atoms with Gasteiger partial charge >= 0.3 is 0 Å². The van der Waals surface area contributed by atoms with E-state index in [-0.39, 0.29) is 4.90 Å². The molecule has 5 nitrogen and oxygen atoms in total. The fourth-order valence-electron chi connectivity index (χ4n) is 1.27. The highest BCUT2D eigenvalue weighted by atomic mass is 32.2. The Morgan fingerprint density at radius 2 is 2.00 bits per heavy atom. The van der Waals surface area contributed by atoms with Crippen molar-refractivity contribution in [3.63, 3.8) is 0 Å². The predicted octanol–water partition coefficient (Wildman–Crippen LogP) is 1.45. The second kappa shape index (κ2) is 3.71. The topological polar surface area (TPSA) is 73.1 Å². The summed E-state index contributed by atoms with van der Waals surface area (Å²) in [5.74, 6) is 0.766. The average Bonchev–Trinajstić information content (AvgIpc) is 2.64. The Morgan fingerprint density at radius 1 is 1.25 bits per heavy atom. The standard InChI is InChI=1S/C10H10N2O3S/c1-7-11-12-10(15-7)8-4-3-5-9(6-8)16(2,13)14/h3-6H,1-2H3. The Bertz CT molecular complexity index is 616. The van der Waals surface area contributed by atoms with E-state index in [0.29, 0.717) is 17.3 Å². The summed E-state index contributed by atoms with van der Waals surface area (Å²) in [5.41, 5.74) is 0.600. The van der Waals surface area contributed by atoms with E-state index >= 15 is 0 Å². The highest BCUT2D eigenvalue weighted by molar-refractivity contribution is 7.90. The van der Waals surface area contributed by atoms with Gasteiger partial charge in [0.15, 0.2) is 9.84 Å². The fraction of sp³-hybridized carbons (Fsp3) is 0.200. The lowest BCUT2D eigenvalue weighted by Gasteiger charge is -1.99. The van der Waals surface area contributed by atoms with E-state index in [9.17, 15) is 8.42 Å².